The van der Waals surface area contributed by atoms with Crippen LogP contribution >= 0.6 is 0 Å². The maximum Gasteiger partial charge on any atom is 0.328 e. The Kier molecular flexibility index (Phi) is 6.70. The molecule has 0 saturated heterocycles. The molecule has 1 N–H and O–H groups in total. The highest BCUT2D eigenvalue weighted by atomic mass is 16.5. The lowest BCUT2D eigenvalue weighted by molar-refractivity contribution is -0.146. The molecule has 5 heteroatoms. The van der Waals surface area contributed by atoms with E-state index >= 15 is 0 Å². The van der Waals surface area contributed by atoms with Crippen molar-refractivity contribution in [1.82, 2.24) is 10.2 Å². The first-order valence-electron chi connectivity index (χ1n) is 5.08. The predicted octanol–water partition coefficient (Wildman–Crippen LogP) is 0.00590. The quantitative estimate of drug-likeness (QED) is 0.635. The van der Waals surface area contributed by atoms with Crippen LogP contribution in [0.3, 0.4) is 0 Å². The van der Waals surface area contributed by atoms with Crippen LogP contribution in [0.25, 0.3) is 0 Å². The summed E-state index contributed by atoms with van der Waals surface area (Å²) in [4.78, 5) is 24.4. The molecule has 0 aliphatic heterocycles. The summed E-state index contributed by atoms with van der Waals surface area (Å²) in [5, 5.41) is 2.58. The Balaban J connectivity index is 3.80. The van der Waals surface area contributed by atoms with Crippen molar-refractivity contribution in [2.45, 2.75) is 26.3 Å². The topological polar surface area (TPSA) is 58.6 Å². The van der Waals surface area contributed by atoms with E-state index in [9.17, 15) is 9.59 Å². The number of hydrogen-bond donors (Lipinski definition) is 1. The molecule has 88 valence electrons. The first-order chi connectivity index (χ1) is 6.97. The Morgan fingerprint density at radius 1 is 1.40 bits per heavy atom. The lowest BCUT2D eigenvalue weighted by Crippen LogP contribution is -2.40. The number of amides is 1. The second-order valence-electron chi connectivity index (χ2n) is 3.59. The smallest absolute Gasteiger partial charge is 0.328 e. The SMILES string of the molecule is CCOC(=O)C(C)NC(=O)CCN(C)C. The van der Waals surface area contributed by atoms with Gasteiger partial charge < -0.3 is 15.0 Å². The van der Waals surface area contributed by atoms with Crippen LogP contribution in [0, 0.1) is 0 Å². The third-order valence-corrected chi connectivity index (χ3v) is 1.80. The molecule has 0 saturated carbocycles. The molecule has 0 aliphatic rings. The van der Waals surface area contributed by atoms with Crippen molar-refractivity contribution in [2.75, 3.05) is 27.2 Å². The minimum atomic E-state index is -0.570. The molecule has 0 radical (unpaired) electrons. The van der Waals surface area contributed by atoms with Crippen molar-refractivity contribution >= 4 is 11.9 Å². The molecule has 0 rings (SSSR count). The number of nitrogens with zero attached hydrogens (tertiary/aromatic N) is 1. The van der Waals surface area contributed by atoms with E-state index in [2.05, 4.69) is 5.32 Å². The largest absolute Gasteiger partial charge is 0.464 e. The highest BCUT2D eigenvalue weighted by molar-refractivity contribution is 5.84. The van der Waals surface area contributed by atoms with Gasteiger partial charge in [0.25, 0.3) is 0 Å². The van der Waals surface area contributed by atoms with Crippen molar-refractivity contribution in [3.8, 4) is 0 Å². The zero-order valence-electron chi connectivity index (χ0n) is 9.87. The van der Waals surface area contributed by atoms with Crippen LogP contribution in [-0.2, 0) is 14.3 Å². The molecule has 5 nitrogen and oxygen atoms in total. The molecular formula is C10H20N2O3. The second kappa shape index (κ2) is 7.23. The van der Waals surface area contributed by atoms with Gasteiger partial charge in [0.2, 0.25) is 5.91 Å². The number of rotatable bonds is 6. The molecule has 0 fully saturated rings. The summed E-state index contributed by atoms with van der Waals surface area (Å²) in [6.45, 7) is 4.35. The Morgan fingerprint density at radius 2 is 2.00 bits per heavy atom. The fourth-order valence-electron chi connectivity index (χ4n) is 0.965. The first kappa shape index (κ1) is 13.9. The molecule has 0 aromatic heterocycles. The number of hydrogen-bond acceptors (Lipinski definition) is 4. The van der Waals surface area contributed by atoms with Gasteiger partial charge in [-0.1, -0.05) is 0 Å². The fourth-order valence-corrected chi connectivity index (χ4v) is 0.965. The Hall–Kier alpha value is -1.10. The third kappa shape index (κ3) is 6.90. The third-order valence-electron chi connectivity index (χ3n) is 1.80. The van der Waals surface area contributed by atoms with Crippen LogP contribution in [-0.4, -0.2) is 50.1 Å². The van der Waals surface area contributed by atoms with Crippen molar-refractivity contribution < 1.29 is 14.3 Å². The molecule has 1 unspecified atom stereocenters. The molecule has 0 aromatic rings. The minimum Gasteiger partial charge on any atom is -0.464 e. The van der Waals surface area contributed by atoms with Gasteiger partial charge in [-0.3, -0.25) is 4.79 Å². The summed E-state index contributed by atoms with van der Waals surface area (Å²) in [5.41, 5.74) is 0. The normalized spacial score (nSPS) is 12.3. The van der Waals surface area contributed by atoms with Crippen molar-refractivity contribution in [3.05, 3.63) is 0 Å². The number of ether oxygens (including phenoxy) is 1. The minimum absolute atomic E-state index is 0.135. The molecule has 0 aromatic carbocycles. The standard InChI is InChI=1S/C10H20N2O3/c1-5-15-10(14)8(2)11-9(13)6-7-12(3)4/h8H,5-7H2,1-4H3,(H,11,13). The van der Waals surface area contributed by atoms with E-state index in [-0.39, 0.29) is 5.91 Å². The Bertz CT molecular complexity index is 217. The Morgan fingerprint density at radius 3 is 2.47 bits per heavy atom. The average Bonchev–Trinajstić information content (AvgIpc) is 2.15. The summed E-state index contributed by atoms with van der Waals surface area (Å²) in [6, 6.07) is -0.570. The highest BCUT2D eigenvalue weighted by Gasteiger charge is 2.15. The molecule has 0 bridgehead atoms. The van der Waals surface area contributed by atoms with E-state index in [4.69, 9.17) is 4.74 Å². The maximum absolute atomic E-state index is 11.3. The average molecular weight is 216 g/mol. The zero-order valence-corrected chi connectivity index (χ0v) is 9.87. The monoisotopic (exact) mass is 216 g/mol. The van der Waals surface area contributed by atoms with Gasteiger partial charge in [0.05, 0.1) is 6.61 Å². The van der Waals surface area contributed by atoms with Crippen LogP contribution < -0.4 is 5.32 Å². The van der Waals surface area contributed by atoms with Gasteiger partial charge in [-0.05, 0) is 27.9 Å². The molecule has 15 heavy (non-hydrogen) atoms. The van der Waals surface area contributed by atoms with Gasteiger partial charge >= 0.3 is 5.97 Å². The molecule has 1 amide bonds. The number of carbonyl (C=O) groups is 2. The summed E-state index contributed by atoms with van der Waals surface area (Å²) >= 11 is 0. The van der Waals surface area contributed by atoms with Gasteiger partial charge in [-0.2, -0.15) is 0 Å². The van der Waals surface area contributed by atoms with E-state index in [0.717, 1.165) is 0 Å². The van der Waals surface area contributed by atoms with Crippen LogP contribution in [0.4, 0.5) is 0 Å². The first-order valence-corrected chi connectivity index (χ1v) is 5.08. The van der Waals surface area contributed by atoms with Crippen molar-refractivity contribution in [3.63, 3.8) is 0 Å². The van der Waals surface area contributed by atoms with Gasteiger partial charge in [0.15, 0.2) is 0 Å². The highest BCUT2D eigenvalue weighted by Crippen LogP contribution is 1.90. The number of nitrogens with one attached hydrogen (secondary N) is 1. The number of esters is 1. The van der Waals surface area contributed by atoms with Gasteiger partial charge in [0.1, 0.15) is 6.04 Å². The van der Waals surface area contributed by atoms with Crippen LogP contribution in [0.15, 0.2) is 0 Å². The van der Waals surface area contributed by atoms with Gasteiger partial charge in [0, 0.05) is 13.0 Å². The van der Waals surface area contributed by atoms with Crippen LogP contribution in [0.2, 0.25) is 0 Å². The summed E-state index contributed by atoms with van der Waals surface area (Å²) < 4.78 is 4.77. The van der Waals surface area contributed by atoms with E-state index < -0.39 is 12.0 Å². The fraction of sp³-hybridized carbons (Fsp3) is 0.800. The summed E-state index contributed by atoms with van der Waals surface area (Å²) in [7, 11) is 3.78. The van der Waals surface area contributed by atoms with Gasteiger partial charge in [-0.25, -0.2) is 4.79 Å². The molecule has 0 aliphatic carbocycles. The van der Waals surface area contributed by atoms with E-state index in [1.165, 1.54) is 0 Å². The molecule has 0 heterocycles. The van der Waals surface area contributed by atoms with E-state index in [1.807, 2.05) is 19.0 Å². The van der Waals surface area contributed by atoms with Crippen LogP contribution in [0.1, 0.15) is 20.3 Å². The molecule has 0 spiro atoms. The summed E-state index contributed by atoms with van der Waals surface area (Å²) in [5.74, 6) is -0.528. The van der Waals surface area contributed by atoms with Crippen LogP contribution in [0.5, 0.6) is 0 Å². The Labute approximate surface area is 90.8 Å². The van der Waals surface area contributed by atoms with E-state index in [0.29, 0.717) is 19.6 Å². The summed E-state index contributed by atoms with van der Waals surface area (Å²) in [6.07, 6.45) is 0.386. The van der Waals surface area contributed by atoms with Crippen molar-refractivity contribution in [2.24, 2.45) is 0 Å². The zero-order chi connectivity index (χ0) is 11.8. The van der Waals surface area contributed by atoms with Crippen molar-refractivity contribution in [1.29, 1.82) is 0 Å². The van der Waals surface area contributed by atoms with Gasteiger partial charge in [-0.15, -0.1) is 0 Å². The lowest BCUT2D eigenvalue weighted by atomic mass is 10.3. The second-order valence-corrected chi connectivity index (χ2v) is 3.59. The van der Waals surface area contributed by atoms with E-state index in [1.54, 1.807) is 13.8 Å². The maximum atomic E-state index is 11.3. The predicted molar refractivity (Wildman–Crippen MR) is 57.4 cm³/mol. The lowest BCUT2D eigenvalue weighted by Gasteiger charge is -2.13. The molecular weight excluding hydrogens is 196 g/mol. The number of carbonyl (C=O) groups excluding carboxylic acids is 2. The molecule has 1 atom stereocenters.